The minimum atomic E-state index is -4.09. The van der Waals surface area contributed by atoms with Gasteiger partial charge in [0.15, 0.2) is 0 Å². The van der Waals surface area contributed by atoms with E-state index in [1.807, 2.05) is 0 Å². The van der Waals surface area contributed by atoms with Crippen LogP contribution in [0.25, 0.3) is 0 Å². The molecule has 8 heteroatoms. The van der Waals surface area contributed by atoms with Crippen LogP contribution in [0.4, 0.5) is 4.39 Å². The SMILES string of the molecule is Cc1c(F)cc(C(=O)O)cc1S(=O)(=O)N[C@@H](C)CO. The molecule has 0 radical (unpaired) electrons. The number of carbonyl (C=O) groups is 1. The quantitative estimate of drug-likeness (QED) is 0.732. The lowest BCUT2D eigenvalue weighted by Crippen LogP contribution is -2.35. The van der Waals surface area contributed by atoms with Gasteiger partial charge < -0.3 is 10.2 Å². The van der Waals surface area contributed by atoms with Gasteiger partial charge in [-0.1, -0.05) is 0 Å². The maximum Gasteiger partial charge on any atom is 0.335 e. The third kappa shape index (κ3) is 3.49. The third-order valence-corrected chi connectivity index (χ3v) is 4.18. The molecule has 0 fully saturated rings. The van der Waals surface area contributed by atoms with Gasteiger partial charge >= 0.3 is 5.97 Å². The van der Waals surface area contributed by atoms with Crippen LogP contribution < -0.4 is 4.72 Å². The summed E-state index contributed by atoms with van der Waals surface area (Å²) in [6, 6.07) is 0.875. The zero-order chi connectivity index (χ0) is 14.8. The molecule has 0 aliphatic heterocycles. The van der Waals surface area contributed by atoms with E-state index in [-0.39, 0.29) is 5.56 Å². The van der Waals surface area contributed by atoms with Crippen molar-refractivity contribution >= 4 is 16.0 Å². The zero-order valence-corrected chi connectivity index (χ0v) is 11.2. The second-order valence-electron chi connectivity index (χ2n) is 4.09. The van der Waals surface area contributed by atoms with Crippen LogP contribution in [-0.4, -0.2) is 37.2 Å². The van der Waals surface area contributed by atoms with Gasteiger partial charge in [0.05, 0.1) is 17.1 Å². The van der Waals surface area contributed by atoms with Crippen molar-refractivity contribution in [3.8, 4) is 0 Å². The van der Waals surface area contributed by atoms with Crippen molar-refractivity contribution in [1.82, 2.24) is 4.72 Å². The van der Waals surface area contributed by atoms with Gasteiger partial charge in [0, 0.05) is 11.6 Å². The summed E-state index contributed by atoms with van der Waals surface area (Å²) in [5, 5.41) is 17.6. The summed E-state index contributed by atoms with van der Waals surface area (Å²) in [6.07, 6.45) is 0. The summed E-state index contributed by atoms with van der Waals surface area (Å²) in [4.78, 5) is 10.3. The standard InChI is InChI=1S/C11H14FNO5S/c1-6(5-14)13-19(17,18)10-4-8(11(15)16)3-9(12)7(10)2/h3-4,6,13-14H,5H2,1-2H3,(H,15,16)/t6-/m0/s1. The molecule has 1 rings (SSSR count). The Kier molecular flexibility index (Phi) is 4.61. The van der Waals surface area contributed by atoms with Crippen LogP contribution in [0.15, 0.2) is 17.0 Å². The van der Waals surface area contributed by atoms with Gasteiger partial charge in [0.2, 0.25) is 10.0 Å². The van der Waals surface area contributed by atoms with Crippen LogP contribution >= 0.6 is 0 Å². The summed E-state index contributed by atoms with van der Waals surface area (Å²) in [6.45, 7) is 2.23. The van der Waals surface area contributed by atoms with Gasteiger partial charge in [-0.2, -0.15) is 0 Å². The Labute approximate surface area is 109 Å². The minimum Gasteiger partial charge on any atom is -0.478 e. The number of hydrogen-bond donors (Lipinski definition) is 3. The Balaban J connectivity index is 3.37. The number of carboxylic acid groups (broad SMARTS) is 1. The summed E-state index contributed by atoms with van der Waals surface area (Å²) < 4.78 is 39.6. The number of carboxylic acids is 1. The number of nitrogens with one attached hydrogen (secondary N) is 1. The fourth-order valence-electron chi connectivity index (χ4n) is 1.42. The molecule has 1 atom stereocenters. The number of aromatic carboxylic acids is 1. The smallest absolute Gasteiger partial charge is 0.335 e. The first-order chi connectivity index (χ1) is 8.69. The lowest BCUT2D eigenvalue weighted by Gasteiger charge is -2.14. The Hall–Kier alpha value is -1.51. The van der Waals surface area contributed by atoms with Crippen LogP contribution in [-0.2, 0) is 10.0 Å². The second-order valence-corrected chi connectivity index (χ2v) is 5.77. The predicted octanol–water partition coefficient (Wildman–Crippen LogP) is 0.491. The number of benzene rings is 1. The first kappa shape index (κ1) is 15.5. The van der Waals surface area contributed by atoms with Crippen molar-refractivity contribution in [3.63, 3.8) is 0 Å². The van der Waals surface area contributed by atoms with Crippen molar-refractivity contribution < 1.29 is 27.8 Å². The fourth-order valence-corrected chi connectivity index (χ4v) is 2.94. The van der Waals surface area contributed by atoms with Crippen LogP contribution in [0.1, 0.15) is 22.8 Å². The molecule has 106 valence electrons. The van der Waals surface area contributed by atoms with Crippen LogP contribution in [0.3, 0.4) is 0 Å². The molecule has 0 bridgehead atoms. The Morgan fingerprint density at radius 1 is 1.47 bits per heavy atom. The van der Waals surface area contributed by atoms with Crippen molar-refractivity contribution in [2.45, 2.75) is 24.8 Å². The van der Waals surface area contributed by atoms with E-state index in [1.165, 1.54) is 13.8 Å². The largest absolute Gasteiger partial charge is 0.478 e. The maximum atomic E-state index is 13.5. The topological polar surface area (TPSA) is 104 Å². The summed E-state index contributed by atoms with van der Waals surface area (Å²) in [5.41, 5.74) is -0.636. The molecular weight excluding hydrogens is 277 g/mol. The molecule has 0 aliphatic carbocycles. The fraction of sp³-hybridized carbons (Fsp3) is 0.364. The highest BCUT2D eigenvalue weighted by Gasteiger charge is 2.23. The first-order valence-corrected chi connectivity index (χ1v) is 6.84. The van der Waals surface area contributed by atoms with Gasteiger partial charge in [-0.25, -0.2) is 22.3 Å². The van der Waals surface area contributed by atoms with Crippen LogP contribution in [0.2, 0.25) is 0 Å². The van der Waals surface area contributed by atoms with Crippen LogP contribution in [0.5, 0.6) is 0 Å². The molecule has 0 aliphatic rings. The van der Waals surface area contributed by atoms with Crippen molar-refractivity contribution in [3.05, 3.63) is 29.1 Å². The van der Waals surface area contributed by atoms with E-state index in [9.17, 15) is 17.6 Å². The number of halogens is 1. The highest BCUT2D eigenvalue weighted by Crippen LogP contribution is 2.21. The molecule has 3 N–H and O–H groups in total. The normalized spacial score (nSPS) is 13.3. The van der Waals surface area contributed by atoms with Crippen molar-refractivity contribution in [1.29, 1.82) is 0 Å². The van der Waals surface area contributed by atoms with Crippen molar-refractivity contribution in [2.24, 2.45) is 0 Å². The molecule has 1 aromatic carbocycles. The van der Waals surface area contributed by atoms with E-state index in [0.717, 1.165) is 12.1 Å². The molecule has 0 aromatic heterocycles. The number of aliphatic hydroxyl groups is 1. The highest BCUT2D eigenvalue weighted by molar-refractivity contribution is 7.89. The third-order valence-electron chi connectivity index (χ3n) is 2.46. The number of hydrogen-bond acceptors (Lipinski definition) is 4. The van der Waals surface area contributed by atoms with Gasteiger partial charge in [-0.3, -0.25) is 0 Å². The van der Waals surface area contributed by atoms with E-state index >= 15 is 0 Å². The minimum absolute atomic E-state index is 0.178. The van der Waals surface area contributed by atoms with E-state index in [1.54, 1.807) is 0 Å². The molecule has 1 aromatic rings. The average Bonchev–Trinajstić information content (AvgIpc) is 2.31. The van der Waals surface area contributed by atoms with E-state index < -0.39 is 44.9 Å². The molecule has 0 saturated carbocycles. The first-order valence-electron chi connectivity index (χ1n) is 5.35. The number of sulfonamides is 1. The zero-order valence-electron chi connectivity index (χ0n) is 10.3. The van der Waals surface area contributed by atoms with Gasteiger partial charge in [0.1, 0.15) is 5.82 Å². The van der Waals surface area contributed by atoms with Gasteiger partial charge in [0.25, 0.3) is 0 Å². The summed E-state index contributed by atoms with van der Waals surface area (Å²) >= 11 is 0. The Morgan fingerprint density at radius 3 is 2.53 bits per heavy atom. The van der Waals surface area contributed by atoms with E-state index in [4.69, 9.17) is 10.2 Å². The summed E-state index contributed by atoms with van der Waals surface area (Å²) in [7, 11) is -4.09. The van der Waals surface area contributed by atoms with E-state index in [2.05, 4.69) is 4.72 Å². The lowest BCUT2D eigenvalue weighted by atomic mass is 10.1. The molecule has 0 heterocycles. The Morgan fingerprint density at radius 2 is 2.05 bits per heavy atom. The molecule has 0 unspecified atom stereocenters. The lowest BCUT2D eigenvalue weighted by molar-refractivity contribution is 0.0696. The molecular formula is C11H14FNO5S. The maximum absolute atomic E-state index is 13.5. The molecule has 0 saturated heterocycles. The van der Waals surface area contributed by atoms with Gasteiger partial charge in [-0.05, 0) is 26.0 Å². The monoisotopic (exact) mass is 291 g/mol. The molecule has 6 nitrogen and oxygen atoms in total. The average molecular weight is 291 g/mol. The highest BCUT2D eigenvalue weighted by atomic mass is 32.2. The van der Waals surface area contributed by atoms with E-state index in [0.29, 0.717) is 0 Å². The predicted molar refractivity (Wildman–Crippen MR) is 65.0 cm³/mol. The van der Waals surface area contributed by atoms with Crippen LogP contribution in [0, 0.1) is 12.7 Å². The van der Waals surface area contributed by atoms with Gasteiger partial charge in [-0.15, -0.1) is 0 Å². The number of rotatable bonds is 5. The molecule has 0 amide bonds. The van der Waals surface area contributed by atoms with Crippen molar-refractivity contribution in [2.75, 3.05) is 6.61 Å². The number of aliphatic hydroxyl groups excluding tert-OH is 1. The second kappa shape index (κ2) is 5.64. The molecule has 19 heavy (non-hydrogen) atoms. The Bertz CT molecular complexity index is 599. The summed E-state index contributed by atoms with van der Waals surface area (Å²) in [5.74, 6) is -2.34. The molecule has 0 spiro atoms.